The first-order valence-corrected chi connectivity index (χ1v) is 13.1. The highest BCUT2D eigenvalue weighted by molar-refractivity contribution is 5.99. The Morgan fingerprint density at radius 1 is 1.09 bits per heavy atom. The number of fused-ring (bicyclic) bond motifs is 1. The summed E-state index contributed by atoms with van der Waals surface area (Å²) in [4.78, 5) is 42.4. The van der Waals surface area contributed by atoms with Crippen molar-refractivity contribution in [3.8, 4) is 0 Å². The Morgan fingerprint density at radius 2 is 1.83 bits per heavy atom. The predicted octanol–water partition coefficient (Wildman–Crippen LogP) is 2.15. The van der Waals surface area contributed by atoms with Crippen molar-refractivity contribution in [1.29, 1.82) is 0 Å². The van der Waals surface area contributed by atoms with Gasteiger partial charge in [0, 0.05) is 26.2 Å². The molecule has 3 N–H and O–H groups in total. The maximum Gasteiger partial charge on any atom is 0.246 e. The van der Waals surface area contributed by atoms with Gasteiger partial charge in [-0.2, -0.15) is 0 Å². The van der Waals surface area contributed by atoms with Crippen LogP contribution in [0.15, 0.2) is 30.3 Å². The molecule has 0 aromatic heterocycles. The summed E-state index contributed by atoms with van der Waals surface area (Å²) in [6, 6.07) is 8.93. The third-order valence-electron chi connectivity index (χ3n) is 7.97. The molecule has 0 radical (unpaired) electrons. The Morgan fingerprint density at radius 3 is 2.54 bits per heavy atom. The first kappa shape index (κ1) is 25.6. The Kier molecular flexibility index (Phi) is 7.81. The molecular formula is C27H39N3O5. The number of carbonyl (C=O) groups excluding carboxylic acids is 3. The quantitative estimate of drug-likeness (QED) is 0.393. The minimum absolute atomic E-state index is 0.146. The number of hydrogen-bond donors (Lipinski definition) is 3. The molecule has 5 atom stereocenters. The Labute approximate surface area is 207 Å². The number of rotatable bonds is 12. The van der Waals surface area contributed by atoms with Crippen LogP contribution in [0.1, 0.15) is 64.4 Å². The van der Waals surface area contributed by atoms with E-state index in [-0.39, 0.29) is 24.3 Å². The number of carbonyl (C=O) groups is 3. The van der Waals surface area contributed by atoms with Crippen LogP contribution in [0, 0.1) is 11.8 Å². The minimum Gasteiger partial charge on any atom is -0.396 e. The zero-order valence-electron chi connectivity index (χ0n) is 20.9. The van der Waals surface area contributed by atoms with Crippen LogP contribution in [0.4, 0.5) is 0 Å². The molecule has 2 bridgehead atoms. The molecule has 3 amide bonds. The summed E-state index contributed by atoms with van der Waals surface area (Å²) in [7, 11) is 0. The van der Waals surface area contributed by atoms with E-state index < -0.39 is 29.1 Å². The molecule has 192 valence electrons. The maximum atomic E-state index is 13.9. The lowest BCUT2D eigenvalue weighted by Crippen LogP contribution is -2.55. The summed E-state index contributed by atoms with van der Waals surface area (Å²) < 4.78 is 6.60. The molecule has 2 unspecified atom stereocenters. The first-order chi connectivity index (χ1) is 16.9. The maximum absolute atomic E-state index is 13.9. The van der Waals surface area contributed by atoms with Gasteiger partial charge in [-0.15, -0.1) is 0 Å². The summed E-state index contributed by atoms with van der Waals surface area (Å²) in [6.45, 7) is 5.42. The molecule has 0 aliphatic carbocycles. The van der Waals surface area contributed by atoms with Crippen LogP contribution in [0.3, 0.4) is 0 Å². The third-order valence-corrected chi connectivity index (χ3v) is 7.97. The van der Waals surface area contributed by atoms with Gasteiger partial charge in [-0.3, -0.25) is 14.4 Å². The van der Waals surface area contributed by atoms with Crippen LogP contribution < -0.4 is 10.6 Å². The Balaban J connectivity index is 1.59. The summed E-state index contributed by atoms with van der Waals surface area (Å²) in [5.41, 5.74) is -0.745. The normalized spacial score (nSPS) is 31.0. The molecule has 3 aliphatic heterocycles. The molecule has 8 nitrogen and oxygen atoms in total. The van der Waals surface area contributed by atoms with E-state index in [1.807, 2.05) is 44.2 Å². The third kappa shape index (κ3) is 4.70. The largest absolute Gasteiger partial charge is 0.396 e. The van der Waals surface area contributed by atoms with E-state index in [1.54, 1.807) is 4.90 Å². The van der Waals surface area contributed by atoms with Gasteiger partial charge in [-0.05, 0) is 44.6 Å². The molecule has 3 fully saturated rings. The number of nitrogens with zero attached hydrogens (tertiary/aromatic N) is 1. The van der Waals surface area contributed by atoms with Crippen molar-refractivity contribution in [3.63, 3.8) is 0 Å². The van der Waals surface area contributed by atoms with Crippen LogP contribution in [0.5, 0.6) is 0 Å². The second kappa shape index (κ2) is 10.7. The molecule has 3 saturated heterocycles. The molecular weight excluding hydrogens is 446 g/mol. The zero-order chi connectivity index (χ0) is 25.1. The van der Waals surface area contributed by atoms with Gasteiger partial charge < -0.3 is 25.4 Å². The van der Waals surface area contributed by atoms with Crippen LogP contribution in [0.2, 0.25) is 0 Å². The van der Waals surface area contributed by atoms with Crippen molar-refractivity contribution in [2.45, 2.75) is 82.6 Å². The molecule has 1 aromatic rings. The molecule has 35 heavy (non-hydrogen) atoms. The zero-order valence-corrected chi connectivity index (χ0v) is 20.9. The van der Waals surface area contributed by atoms with Crippen molar-refractivity contribution < 1.29 is 24.2 Å². The van der Waals surface area contributed by atoms with Crippen LogP contribution >= 0.6 is 0 Å². The van der Waals surface area contributed by atoms with E-state index >= 15 is 0 Å². The van der Waals surface area contributed by atoms with E-state index in [4.69, 9.17) is 9.84 Å². The highest BCUT2D eigenvalue weighted by atomic mass is 16.5. The number of nitrogens with one attached hydrogen (secondary N) is 2. The lowest BCUT2D eigenvalue weighted by molar-refractivity contribution is -0.146. The highest BCUT2D eigenvalue weighted by Crippen LogP contribution is 2.63. The number of aliphatic hydroxyl groups excluding tert-OH is 1. The Hall–Kier alpha value is -2.45. The van der Waals surface area contributed by atoms with Gasteiger partial charge in [0.2, 0.25) is 17.7 Å². The number of likely N-dealkylation sites (tertiary alicyclic amines) is 1. The van der Waals surface area contributed by atoms with Gasteiger partial charge in [0.1, 0.15) is 11.6 Å². The van der Waals surface area contributed by atoms with Crippen LogP contribution in [-0.4, -0.2) is 64.7 Å². The summed E-state index contributed by atoms with van der Waals surface area (Å²) in [6.07, 6.45) is 5.23. The predicted molar refractivity (Wildman–Crippen MR) is 131 cm³/mol. The van der Waals surface area contributed by atoms with Crippen molar-refractivity contribution in [2.75, 3.05) is 19.7 Å². The second-order valence-electron chi connectivity index (χ2n) is 10.4. The van der Waals surface area contributed by atoms with Gasteiger partial charge in [0.05, 0.1) is 17.4 Å². The highest BCUT2D eigenvalue weighted by Gasteiger charge is 2.77. The molecule has 1 aromatic carbocycles. The standard InChI is InChI=1S/C27H39N3O5/c1-3-15-28-23(32)20-21-25(34)30(16-9-4-5-10-17-31)22(27(21)14-13-26(20,2)35-27)24(33)29-18-19-11-7-6-8-12-19/h6-8,11-12,20-22,31H,3-5,9-10,13-18H2,1-2H3,(H,28,32)(H,29,33)/t20-,21+,22?,26+,27?/m1/s1. The summed E-state index contributed by atoms with van der Waals surface area (Å²) in [5.74, 6) is -1.77. The van der Waals surface area contributed by atoms with E-state index in [0.29, 0.717) is 32.5 Å². The molecule has 3 aliphatic rings. The average molecular weight is 486 g/mol. The lowest BCUT2D eigenvalue weighted by atomic mass is 9.66. The summed E-state index contributed by atoms with van der Waals surface area (Å²) >= 11 is 0. The number of benzene rings is 1. The van der Waals surface area contributed by atoms with Crippen LogP contribution in [0.25, 0.3) is 0 Å². The van der Waals surface area contributed by atoms with Gasteiger partial charge in [-0.1, -0.05) is 50.1 Å². The van der Waals surface area contributed by atoms with E-state index in [0.717, 1.165) is 37.7 Å². The number of unbranched alkanes of at least 4 members (excludes halogenated alkanes) is 3. The molecule has 3 heterocycles. The number of hydrogen-bond acceptors (Lipinski definition) is 5. The second-order valence-corrected chi connectivity index (χ2v) is 10.4. The van der Waals surface area contributed by atoms with Crippen molar-refractivity contribution in [1.82, 2.24) is 15.5 Å². The van der Waals surface area contributed by atoms with Crippen molar-refractivity contribution in [3.05, 3.63) is 35.9 Å². The average Bonchev–Trinajstić information content (AvgIpc) is 3.42. The van der Waals surface area contributed by atoms with Crippen molar-refractivity contribution in [2.24, 2.45) is 11.8 Å². The SMILES string of the molecule is CCCNC(=O)[C@H]1[C@H]2C(=O)N(CCCCCCO)C(C(=O)NCc3ccccc3)C23CC[C@]1(C)O3. The monoisotopic (exact) mass is 485 g/mol. The fraction of sp³-hybridized carbons (Fsp3) is 0.667. The lowest BCUT2D eigenvalue weighted by Gasteiger charge is -2.33. The van der Waals surface area contributed by atoms with Gasteiger partial charge in [0.25, 0.3) is 0 Å². The van der Waals surface area contributed by atoms with E-state index in [1.165, 1.54) is 0 Å². The van der Waals surface area contributed by atoms with Gasteiger partial charge in [-0.25, -0.2) is 0 Å². The van der Waals surface area contributed by atoms with Crippen LogP contribution in [-0.2, 0) is 25.7 Å². The number of ether oxygens (including phenoxy) is 1. The fourth-order valence-corrected chi connectivity index (χ4v) is 6.36. The van der Waals surface area contributed by atoms with E-state index in [9.17, 15) is 14.4 Å². The molecule has 1 spiro atoms. The molecule has 8 heteroatoms. The topological polar surface area (TPSA) is 108 Å². The molecule has 4 rings (SSSR count). The summed E-state index contributed by atoms with van der Waals surface area (Å²) in [5, 5.41) is 15.1. The number of aliphatic hydroxyl groups is 1. The minimum atomic E-state index is -0.980. The molecule has 0 saturated carbocycles. The van der Waals surface area contributed by atoms with Crippen molar-refractivity contribution >= 4 is 17.7 Å². The smallest absolute Gasteiger partial charge is 0.246 e. The van der Waals surface area contributed by atoms with Gasteiger partial charge in [0.15, 0.2) is 0 Å². The Bertz CT molecular complexity index is 925. The first-order valence-electron chi connectivity index (χ1n) is 13.1. The number of amides is 3. The van der Waals surface area contributed by atoms with E-state index in [2.05, 4.69) is 10.6 Å². The fourth-order valence-electron chi connectivity index (χ4n) is 6.36. The van der Waals surface area contributed by atoms with Gasteiger partial charge >= 0.3 is 0 Å².